The number of rotatable bonds is 7. The van der Waals surface area contributed by atoms with E-state index < -0.39 is 10.0 Å². The topological polar surface area (TPSA) is 67.4 Å². The van der Waals surface area contributed by atoms with E-state index in [1.807, 2.05) is 6.92 Å². The van der Waals surface area contributed by atoms with E-state index >= 15 is 0 Å². The molecule has 1 fully saturated rings. The molecular weight excluding hydrogens is 240 g/mol. The van der Waals surface area contributed by atoms with Gasteiger partial charge in [-0.15, -0.1) is 0 Å². The van der Waals surface area contributed by atoms with Crippen molar-refractivity contribution in [3.05, 3.63) is 0 Å². The second-order valence-corrected chi connectivity index (χ2v) is 6.75. The number of ether oxygens (including phenoxy) is 1. The van der Waals surface area contributed by atoms with Crippen molar-refractivity contribution in [2.75, 3.05) is 39.1 Å². The molecule has 1 aliphatic heterocycles. The molecule has 5 nitrogen and oxygen atoms in total. The number of piperidine rings is 1. The van der Waals surface area contributed by atoms with Gasteiger partial charge in [-0.25, -0.2) is 13.1 Å². The second-order valence-electron chi connectivity index (χ2n) is 4.82. The predicted octanol–water partition coefficient (Wildman–Crippen LogP) is 0.332. The van der Waals surface area contributed by atoms with Crippen molar-refractivity contribution in [3.8, 4) is 0 Å². The molecule has 0 unspecified atom stereocenters. The van der Waals surface area contributed by atoms with E-state index in [1.165, 1.54) is 0 Å². The summed E-state index contributed by atoms with van der Waals surface area (Å²) >= 11 is 0. The molecule has 0 amide bonds. The van der Waals surface area contributed by atoms with E-state index in [0.717, 1.165) is 25.9 Å². The van der Waals surface area contributed by atoms with Gasteiger partial charge in [-0.2, -0.15) is 0 Å². The molecule has 6 heteroatoms. The minimum atomic E-state index is -3.11. The average molecular weight is 264 g/mol. The largest absolute Gasteiger partial charge is 0.384 e. The van der Waals surface area contributed by atoms with Gasteiger partial charge in [0, 0.05) is 19.1 Å². The summed E-state index contributed by atoms with van der Waals surface area (Å²) in [5.41, 5.74) is -0.0409. The van der Waals surface area contributed by atoms with Crippen LogP contribution in [0.2, 0.25) is 0 Å². The molecule has 0 bridgehead atoms. The lowest BCUT2D eigenvalue weighted by Crippen LogP contribution is -2.47. The van der Waals surface area contributed by atoms with Crippen LogP contribution in [-0.4, -0.2) is 47.5 Å². The molecule has 102 valence electrons. The fourth-order valence-corrected chi connectivity index (χ4v) is 3.45. The predicted molar refractivity (Wildman–Crippen MR) is 68.5 cm³/mol. The summed E-state index contributed by atoms with van der Waals surface area (Å²) in [7, 11) is -1.44. The molecule has 1 saturated heterocycles. The molecular formula is C11H24N2O3S. The van der Waals surface area contributed by atoms with Crippen molar-refractivity contribution in [1.29, 1.82) is 0 Å². The van der Waals surface area contributed by atoms with Gasteiger partial charge in [0.05, 0.1) is 12.4 Å². The summed E-state index contributed by atoms with van der Waals surface area (Å²) in [6, 6.07) is 0. The first kappa shape index (κ1) is 14.9. The Morgan fingerprint density at radius 1 is 1.35 bits per heavy atom. The lowest BCUT2D eigenvalue weighted by Gasteiger charge is -2.37. The summed E-state index contributed by atoms with van der Waals surface area (Å²) in [6.07, 6.45) is 2.55. The average Bonchev–Trinajstić information content (AvgIpc) is 2.29. The van der Waals surface area contributed by atoms with Gasteiger partial charge in [-0.05, 0) is 32.4 Å². The first-order valence-electron chi connectivity index (χ1n) is 6.21. The highest BCUT2D eigenvalue weighted by Crippen LogP contribution is 2.28. The van der Waals surface area contributed by atoms with Crippen LogP contribution in [0.1, 0.15) is 26.2 Å². The number of methoxy groups -OCH3 is 1. The summed E-state index contributed by atoms with van der Waals surface area (Å²) in [5.74, 6) is 0.203. The maximum absolute atomic E-state index is 11.7. The van der Waals surface area contributed by atoms with Crippen LogP contribution in [0.25, 0.3) is 0 Å². The molecule has 1 aliphatic rings. The lowest BCUT2D eigenvalue weighted by atomic mass is 9.80. The van der Waals surface area contributed by atoms with E-state index in [9.17, 15) is 8.42 Å². The normalized spacial score (nSPS) is 20.4. The highest BCUT2D eigenvalue weighted by atomic mass is 32.2. The van der Waals surface area contributed by atoms with Crippen LogP contribution >= 0.6 is 0 Å². The quantitative estimate of drug-likeness (QED) is 0.695. The Balaban J connectivity index is 2.55. The Morgan fingerprint density at radius 3 is 2.53 bits per heavy atom. The Labute approximate surface area is 104 Å². The van der Waals surface area contributed by atoms with Crippen LogP contribution in [0.4, 0.5) is 0 Å². The van der Waals surface area contributed by atoms with E-state index in [1.54, 1.807) is 7.11 Å². The van der Waals surface area contributed by atoms with Gasteiger partial charge < -0.3 is 10.1 Å². The fraction of sp³-hybridized carbons (Fsp3) is 1.00. The van der Waals surface area contributed by atoms with Crippen LogP contribution in [0, 0.1) is 5.41 Å². The first-order valence-corrected chi connectivity index (χ1v) is 7.86. The number of hydrogen-bond acceptors (Lipinski definition) is 4. The third-order valence-corrected chi connectivity index (χ3v) is 4.78. The highest BCUT2D eigenvalue weighted by molar-refractivity contribution is 7.89. The Hall–Kier alpha value is -0.170. The minimum absolute atomic E-state index is 0.0409. The van der Waals surface area contributed by atoms with Gasteiger partial charge in [0.25, 0.3) is 0 Å². The van der Waals surface area contributed by atoms with Gasteiger partial charge >= 0.3 is 0 Å². The molecule has 0 aromatic carbocycles. The number of sulfonamides is 1. The van der Waals surface area contributed by atoms with Crippen LogP contribution in [0.3, 0.4) is 0 Å². The molecule has 1 heterocycles. The van der Waals surface area contributed by atoms with Crippen molar-refractivity contribution < 1.29 is 13.2 Å². The maximum Gasteiger partial charge on any atom is 0.211 e. The summed E-state index contributed by atoms with van der Waals surface area (Å²) in [6.45, 7) is 4.83. The fourth-order valence-electron chi connectivity index (χ4n) is 2.24. The van der Waals surface area contributed by atoms with E-state index in [-0.39, 0.29) is 11.2 Å². The van der Waals surface area contributed by atoms with Crippen LogP contribution < -0.4 is 10.0 Å². The molecule has 0 aromatic rings. The third-order valence-electron chi connectivity index (χ3n) is 3.25. The molecule has 0 spiro atoms. The minimum Gasteiger partial charge on any atom is -0.384 e. The molecule has 17 heavy (non-hydrogen) atoms. The Morgan fingerprint density at radius 2 is 2.00 bits per heavy atom. The van der Waals surface area contributed by atoms with E-state index in [2.05, 4.69) is 10.0 Å². The molecule has 2 N–H and O–H groups in total. The first-order chi connectivity index (χ1) is 8.04. The Kier molecular flexibility index (Phi) is 5.85. The van der Waals surface area contributed by atoms with Crippen LogP contribution in [-0.2, 0) is 14.8 Å². The number of hydrogen-bond donors (Lipinski definition) is 2. The SMILES string of the molecule is CCCS(=O)(=O)NCC1(COC)CCNCC1. The summed E-state index contributed by atoms with van der Waals surface area (Å²) < 4.78 is 31.3. The van der Waals surface area contributed by atoms with Crippen LogP contribution in [0.5, 0.6) is 0 Å². The zero-order valence-electron chi connectivity index (χ0n) is 10.8. The molecule has 0 saturated carbocycles. The maximum atomic E-state index is 11.7. The van der Waals surface area contributed by atoms with Crippen molar-refractivity contribution in [3.63, 3.8) is 0 Å². The van der Waals surface area contributed by atoms with Gasteiger partial charge in [0.2, 0.25) is 10.0 Å². The monoisotopic (exact) mass is 264 g/mol. The third kappa shape index (κ3) is 4.91. The zero-order chi connectivity index (χ0) is 12.8. The molecule has 1 rings (SSSR count). The van der Waals surface area contributed by atoms with Crippen molar-refractivity contribution in [1.82, 2.24) is 10.0 Å². The molecule has 0 aromatic heterocycles. The van der Waals surface area contributed by atoms with Gasteiger partial charge in [0.15, 0.2) is 0 Å². The second kappa shape index (κ2) is 6.68. The van der Waals surface area contributed by atoms with Crippen molar-refractivity contribution in [2.24, 2.45) is 5.41 Å². The molecule has 0 atom stereocenters. The van der Waals surface area contributed by atoms with Gasteiger partial charge in [-0.3, -0.25) is 0 Å². The van der Waals surface area contributed by atoms with Crippen LogP contribution in [0.15, 0.2) is 0 Å². The van der Waals surface area contributed by atoms with E-state index in [4.69, 9.17) is 4.74 Å². The highest BCUT2D eigenvalue weighted by Gasteiger charge is 2.33. The standard InChI is InChI=1S/C11H24N2O3S/c1-3-8-17(14,15)13-9-11(10-16-2)4-6-12-7-5-11/h12-13H,3-10H2,1-2H3. The van der Waals surface area contributed by atoms with E-state index in [0.29, 0.717) is 19.6 Å². The van der Waals surface area contributed by atoms with Crippen molar-refractivity contribution in [2.45, 2.75) is 26.2 Å². The summed E-state index contributed by atoms with van der Waals surface area (Å²) in [5, 5.41) is 3.29. The van der Waals surface area contributed by atoms with Gasteiger partial charge in [0.1, 0.15) is 0 Å². The Bertz CT molecular complexity index is 305. The van der Waals surface area contributed by atoms with Crippen molar-refractivity contribution >= 4 is 10.0 Å². The summed E-state index contributed by atoms with van der Waals surface area (Å²) in [4.78, 5) is 0. The lowest BCUT2D eigenvalue weighted by molar-refractivity contribution is 0.0577. The van der Waals surface area contributed by atoms with Gasteiger partial charge in [-0.1, -0.05) is 6.92 Å². The molecule has 0 radical (unpaired) electrons. The zero-order valence-corrected chi connectivity index (χ0v) is 11.6. The smallest absolute Gasteiger partial charge is 0.211 e. The molecule has 0 aliphatic carbocycles. The number of nitrogens with one attached hydrogen (secondary N) is 2.